The van der Waals surface area contributed by atoms with Crippen molar-refractivity contribution in [2.24, 2.45) is 7.05 Å². The minimum Gasteiger partial charge on any atom is -0.260 e. The Morgan fingerprint density at radius 1 is 1.53 bits per heavy atom. The van der Waals surface area contributed by atoms with E-state index in [0.29, 0.717) is 5.56 Å². The van der Waals surface area contributed by atoms with Gasteiger partial charge in [0, 0.05) is 13.2 Å². The SMILES string of the molecule is Cc1nn(C)c(Sc2ncccc2Br)c1C#N. The van der Waals surface area contributed by atoms with Crippen molar-refractivity contribution in [2.45, 2.75) is 17.0 Å². The summed E-state index contributed by atoms with van der Waals surface area (Å²) in [6.45, 7) is 1.83. The summed E-state index contributed by atoms with van der Waals surface area (Å²) in [4.78, 5) is 4.26. The number of pyridine rings is 1. The molecular formula is C11H9BrN4S. The molecule has 0 atom stereocenters. The third-order valence-corrected chi connectivity index (χ3v) is 4.28. The molecule has 0 spiro atoms. The van der Waals surface area contributed by atoms with Crippen LogP contribution in [0.1, 0.15) is 11.3 Å². The van der Waals surface area contributed by atoms with Crippen LogP contribution in [0.5, 0.6) is 0 Å². The average molecular weight is 309 g/mol. The lowest BCUT2D eigenvalue weighted by atomic mass is 10.3. The number of aromatic nitrogens is 3. The topological polar surface area (TPSA) is 54.5 Å². The van der Waals surface area contributed by atoms with Gasteiger partial charge in [-0.15, -0.1) is 0 Å². The molecule has 2 aromatic heterocycles. The minimum atomic E-state index is 0.607. The summed E-state index contributed by atoms with van der Waals surface area (Å²) in [6, 6.07) is 5.95. The second kappa shape index (κ2) is 4.90. The molecule has 0 amide bonds. The number of aryl methyl sites for hydroxylation is 2. The van der Waals surface area contributed by atoms with Crippen LogP contribution in [0.2, 0.25) is 0 Å². The fourth-order valence-electron chi connectivity index (χ4n) is 1.42. The molecule has 2 aromatic rings. The van der Waals surface area contributed by atoms with Crippen molar-refractivity contribution >= 4 is 27.7 Å². The van der Waals surface area contributed by atoms with E-state index in [0.717, 1.165) is 20.2 Å². The van der Waals surface area contributed by atoms with Gasteiger partial charge in [0.15, 0.2) is 0 Å². The highest BCUT2D eigenvalue weighted by Crippen LogP contribution is 2.33. The second-order valence-electron chi connectivity index (χ2n) is 3.39. The van der Waals surface area contributed by atoms with Crippen molar-refractivity contribution < 1.29 is 0 Å². The summed E-state index contributed by atoms with van der Waals surface area (Å²) in [5, 5.41) is 15.0. The highest BCUT2D eigenvalue weighted by Gasteiger charge is 2.15. The summed E-state index contributed by atoms with van der Waals surface area (Å²) >= 11 is 4.87. The Balaban J connectivity index is 2.44. The number of hydrogen-bond acceptors (Lipinski definition) is 4. The van der Waals surface area contributed by atoms with Crippen molar-refractivity contribution in [3.8, 4) is 6.07 Å². The standard InChI is InChI=1S/C11H9BrN4S/c1-7-8(6-13)11(16(2)15-7)17-10-9(12)4-3-5-14-10/h3-5H,1-2H3. The lowest BCUT2D eigenvalue weighted by molar-refractivity contribution is 0.691. The summed E-state index contributed by atoms with van der Waals surface area (Å²) in [6.07, 6.45) is 1.72. The largest absolute Gasteiger partial charge is 0.260 e. The molecule has 17 heavy (non-hydrogen) atoms. The Labute approximate surface area is 112 Å². The van der Waals surface area contributed by atoms with Crippen LogP contribution in [-0.4, -0.2) is 14.8 Å². The smallest absolute Gasteiger partial charge is 0.118 e. The molecule has 0 aliphatic carbocycles. The van der Waals surface area contributed by atoms with Crippen molar-refractivity contribution in [1.82, 2.24) is 14.8 Å². The Morgan fingerprint density at radius 2 is 2.29 bits per heavy atom. The molecule has 0 fully saturated rings. The van der Waals surface area contributed by atoms with Gasteiger partial charge in [-0.2, -0.15) is 10.4 Å². The maximum absolute atomic E-state index is 9.11. The molecule has 86 valence electrons. The van der Waals surface area contributed by atoms with E-state index >= 15 is 0 Å². The number of hydrogen-bond donors (Lipinski definition) is 0. The van der Waals surface area contributed by atoms with Gasteiger partial charge in [-0.1, -0.05) is 0 Å². The summed E-state index contributed by atoms with van der Waals surface area (Å²) < 4.78 is 2.62. The van der Waals surface area contributed by atoms with Crippen molar-refractivity contribution in [3.05, 3.63) is 34.1 Å². The predicted molar refractivity (Wildman–Crippen MR) is 68.7 cm³/mol. The molecule has 0 aromatic carbocycles. The number of rotatable bonds is 2. The van der Waals surface area contributed by atoms with E-state index in [1.165, 1.54) is 11.8 Å². The van der Waals surface area contributed by atoms with Crippen LogP contribution in [0, 0.1) is 18.3 Å². The lowest BCUT2D eigenvalue weighted by Gasteiger charge is -2.03. The number of halogens is 1. The van der Waals surface area contributed by atoms with Crippen molar-refractivity contribution in [1.29, 1.82) is 5.26 Å². The minimum absolute atomic E-state index is 0.607. The van der Waals surface area contributed by atoms with Crippen molar-refractivity contribution in [2.75, 3.05) is 0 Å². The molecule has 2 heterocycles. The van der Waals surface area contributed by atoms with E-state index in [2.05, 4.69) is 32.1 Å². The van der Waals surface area contributed by atoms with Gasteiger partial charge in [0.25, 0.3) is 0 Å². The first-order valence-corrected chi connectivity index (χ1v) is 6.46. The van der Waals surface area contributed by atoms with Gasteiger partial charge in [0.2, 0.25) is 0 Å². The molecule has 0 aliphatic heterocycles. The summed E-state index contributed by atoms with van der Waals surface area (Å²) in [5.74, 6) is 0. The molecule has 0 N–H and O–H groups in total. The normalized spacial score (nSPS) is 10.2. The van der Waals surface area contributed by atoms with E-state index in [1.807, 2.05) is 26.1 Å². The maximum Gasteiger partial charge on any atom is 0.118 e. The average Bonchev–Trinajstić information content (AvgIpc) is 2.56. The predicted octanol–water partition coefficient (Wildman–Crippen LogP) is 2.91. The molecular weight excluding hydrogens is 300 g/mol. The van der Waals surface area contributed by atoms with Crippen LogP contribution in [-0.2, 0) is 7.05 Å². The molecule has 0 bridgehead atoms. The van der Waals surface area contributed by atoms with Crippen molar-refractivity contribution in [3.63, 3.8) is 0 Å². The molecule has 4 nitrogen and oxygen atoms in total. The van der Waals surface area contributed by atoms with Gasteiger partial charge in [-0.3, -0.25) is 4.68 Å². The Hall–Kier alpha value is -1.32. The molecule has 0 unspecified atom stereocenters. The molecule has 6 heteroatoms. The first-order valence-electron chi connectivity index (χ1n) is 4.85. The zero-order valence-electron chi connectivity index (χ0n) is 9.31. The van der Waals surface area contributed by atoms with Crippen LogP contribution in [0.15, 0.2) is 32.9 Å². The van der Waals surface area contributed by atoms with E-state index < -0.39 is 0 Å². The van der Waals surface area contributed by atoms with Gasteiger partial charge in [0.05, 0.1) is 10.2 Å². The zero-order chi connectivity index (χ0) is 12.4. The third-order valence-electron chi connectivity index (χ3n) is 2.20. The highest BCUT2D eigenvalue weighted by molar-refractivity contribution is 9.10. The summed E-state index contributed by atoms with van der Waals surface area (Å²) in [7, 11) is 1.83. The van der Waals surface area contributed by atoms with E-state index in [4.69, 9.17) is 5.26 Å². The maximum atomic E-state index is 9.11. The van der Waals surface area contributed by atoms with Gasteiger partial charge in [-0.05, 0) is 46.7 Å². The van der Waals surface area contributed by atoms with Crippen LogP contribution >= 0.6 is 27.7 Å². The quantitative estimate of drug-likeness (QED) is 0.856. The third kappa shape index (κ3) is 2.35. The molecule has 0 radical (unpaired) electrons. The van der Waals surface area contributed by atoms with E-state index in [9.17, 15) is 0 Å². The van der Waals surface area contributed by atoms with E-state index in [1.54, 1.807) is 10.9 Å². The number of nitriles is 1. The monoisotopic (exact) mass is 308 g/mol. The molecule has 0 saturated carbocycles. The molecule has 0 saturated heterocycles. The summed E-state index contributed by atoms with van der Waals surface area (Å²) in [5.41, 5.74) is 1.35. The molecule has 0 aliphatic rings. The number of nitrogens with zero attached hydrogens (tertiary/aromatic N) is 4. The molecule has 2 rings (SSSR count). The first kappa shape index (κ1) is 12.1. The van der Waals surface area contributed by atoms with Crippen LogP contribution in [0.25, 0.3) is 0 Å². The Kier molecular flexibility index (Phi) is 3.50. The van der Waals surface area contributed by atoms with E-state index in [-0.39, 0.29) is 0 Å². The van der Waals surface area contributed by atoms with Crippen LogP contribution in [0.3, 0.4) is 0 Å². The van der Waals surface area contributed by atoms with Crippen LogP contribution < -0.4 is 0 Å². The van der Waals surface area contributed by atoms with Gasteiger partial charge in [-0.25, -0.2) is 4.98 Å². The Morgan fingerprint density at radius 3 is 2.94 bits per heavy atom. The van der Waals surface area contributed by atoms with Gasteiger partial charge >= 0.3 is 0 Å². The lowest BCUT2D eigenvalue weighted by Crippen LogP contribution is -1.93. The highest BCUT2D eigenvalue weighted by atomic mass is 79.9. The second-order valence-corrected chi connectivity index (χ2v) is 5.23. The fraction of sp³-hybridized carbons (Fsp3) is 0.182. The van der Waals surface area contributed by atoms with Crippen LogP contribution in [0.4, 0.5) is 0 Å². The fourth-order valence-corrected chi connectivity index (χ4v) is 2.85. The van der Waals surface area contributed by atoms with Gasteiger partial charge in [0.1, 0.15) is 21.7 Å². The Bertz CT molecular complexity index is 600. The zero-order valence-corrected chi connectivity index (χ0v) is 11.7. The first-order chi connectivity index (χ1) is 8.13. The van der Waals surface area contributed by atoms with Gasteiger partial charge < -0.3 is 0 Å².